The first-order valence-corrected chi connectivity index (χ1v) is 8.32. The van der Waals surface area contributed by atoms with Crippen LogP contribution in [0.4, 0.5) is 4.39 Å². The molecule has 22 heavy (non-hydrogen) atoms. The van der Waals surface area contributed by atoms with Crippen molar-refractivity contribution in [1.82, 2.24) is 4.98 Å². The Hall–Kier alpha value is -0.935. The van der Waals surface area contributed by atoms with Gasteiger partial charge in [-0.3, -0.25) is 0 Å². The second kappa shape index (κ2) is 5.61. The molecule has 2 heterocycles. The van der Waals surface area contributed by atoms with E-state index >= 15 is 0 Å². The zero-order valence-corrected chi connectivity index (χ0v) is 14.0. The van der Waals surface area contributed by atoms with Gasteiger partial charge in [-0.05, 0) is 46.6 Å². The Labute approximate surface area is 132 Å². The zero-order chi connectivity index (χ0) is 16.0. The molecule has 1 aromatic heterocycles. The maximum atomic E-state index is 14.5. The quantitative estimate of drug-likeness (QED) is 0.618. The number of hydrogen-bond acceptors (Lipinski definition) is 3. The number of rotatable bonds is 2. The summed E-state index contributed by atoms with van der Waals surface area (Å²) >= 11 is 0. The SMILES string of the molecule is CC1(C)OB(c2ccc(C3CCCCC3)nc2F)OC1(C)C. The summed E-state index contributed by atoms with van der Waals surface area (Å²) < 4.78 is 26.3. The molecule has 2 aliphatic rings. The lowest BCUT2D eigenvalue weighted by molar-refractivity contribution is 0.00578. The number of nitrogens with zero attached hydrogens (tertiary/aromatic N) is 1. The van der Waals surface area contributed by atoms with Crippen molar-refractivity contribution >= 4 is 12.6 Å². The van der Waals surface area contributed by atoms with Crippen LogP contribution in [0.25, 0.3) is 0 Å². The molecule has 0 radical (unpaired) electrons. The van der Waals surface area contributed by atoms with Crippen LogP contribution in [0.5, 0.6) is 0 Å². The molecule has 1 saturated carbocycles. The highest BCUT2D eigenvalue weighted by Crippen LogP contribution is 2.37. The normalized spacial score (nSPS) is 24.7. The van der Waals surface area contributed by atoms with Crippen LogP contribution in [0.1, 0.15) is 71.4 Å². The van der Waals surface area contributed by atoms with Crippen LogP contribution < -0.4 is 5.46 Å². The van der Waals surface area contributed by atoms with Gasteiger partial charge in [-0.1, -0.05) is 25.3 Å². The minimum absolute atomic E-state index is 0.399. The second-order valence-corrected chi connectivity index (χ2v) is 7.54. The number of pyridine rings is 1. The van der Waals surface area contributed by atoms with E-state index in [4.69, 9.17) is 9.31 Å². The molecule has 0 spiro atoms. The molecule has 2 fully saturated rings. The van der Waals surface area contributed by atoms with Crippen molar-refractivity contribution in [3.8, 4) is 0 Å². The number of halogens is 1. The van der Waals surface area contributed by atoms with Gasteiger partial charge in [-0.2, -0.15) is 4.39 Å². The first-order valence-electron chi connectivity index (χ1n) is 8.32. The zero-order valence-electron chi connectivity index (χ0n) is 14.0. The van der Waals surface area contributed by atoms with Crippen molar-refractivity contribution in [1.29, 1.82) is 0 Å². The van der Waals surface area contributed by atoms with Crippen LogP contribution in [0, 0.1) is 5.95 Å². The highest BCUT2D eigenvalue weighted by molar-refractivity contribution is 6.62. The van der Waals surface area contributed by atoms with Crippen molar-refractivity contribution in [2.24, 2.45) is 0 Å². The maximum Gasteiger partial charge on any atom is 0.499 e. The summed E-state index contributed by atoms with van der Waals surface area (Å²) in [7, 11) is -0.682. The molecular weight excluding hydrogens is 280 g/mol. The van der Waals surface area contributed by atoms with Gasteiger partial charge >= 0.3 is 7.12 Å². The smallest absolute Gasteiger partial charge is 0.399 e. The van der Waals surface area contributed by atoms with Gasteiger partial charge in [-0.15, -0.1) is 0 Å². The summed E-state index contributed by atoms with van der Waals surface area (Å²) in [6.45, 7) is 7.87. The monoisotopic (exact) mass is 305 g/mol. The molecule has 0 aromatic carbocycles. The van der Waals surface area contributed by atoms with Crippen molar-refractivity contribution < 1.29 is 13.7 Å². The summed E-state index contributed by atoms with van der Waals surface area (Å²) in [5.74, 6) is -0.0582. The minimum atomic E-state index is -0.682. The Kier molecular flexibility index (Phi) is 4.06. The van der Waals surface area contributed by atoms with Gasteiger partial charge in [0.2, 0.25) is 5.95 Å². The van der Waals surface area contributed by atoms with Gasteiger partial charge in [0.25, 0.3) is 0 Å². The number of aromatic nitrogens is 1. The first-order chi connectivity index (χ1) is 10.3. The van der Waals surface area contributed by atoms with E-state index in [1.165, 1.54) is 19.3 Å². The Morgan fingerprint density at radius 2 is 1.64 bits per heavy atom. The molecule has 0 atom stereocenters. The minimum Gasteiger partial charge on any atom is -0.399 e. The summed E-state index contributed by atoms with van der Waals surface area (Å²) in [6.07, 6.45) is 5.94. The van der Waals surface area contributed by atoms with Crippen LogP contribution >= 0.6 is 0 Å². The standard InChI is InChI=1S/C17H25BFNO2/c1-16(2)17(3,4)22-18(21-16)13-10-11-14(20-15(13)19)12-8-6-5-7-9-12/h10-12H,5-9H2,1-4H3. The Balaban J connectivity index is 1.81. The highest BCUT2D eigenvalue weighted by Gasteiger charge is 2.52. The van der Waals surface area contributed by atoms with Gasteiger partial charge in [-0.25, -0.2) is 4.98 Å². The molecule has 120 valence electrons. The lowest BCUT2D eigenvalue weighted by Gasteiger charge is -2.32. The molecule has 1 aromatic rings. The fraction of sp³-hybridized carbons (Fsp3) is 0.706. The summed E-state index contributed by atoms with van der Waals surface area (Å²) in [4.78, 5) is 4.21. The van der Waals surface area contributed by atoms with Crippen LogP contribution in [0.15, 0.2) is 12.1 Å². The van der Waals surface area contributed by atoms with E-state index in [9.17, 15) is 4.39 Å². The predicted molar refractivity (Wildman–Crippen MR) is 85.7 cm³/mol. The average molecular weight is 305 g/mol. The lowest BCUT2D eigenvalue weighted by atomic mass is 9.79. The molecule has 3 rings (SSSR count). The summed E-state index contributed by atoms with van der Waals surface area (Å²) in [5, 5.41) is 0. The largest absolute Gasteiger partial charge is 0.499 e. The van der Waals surface area contributed by atoms with Crippen molar-refractivity contribution in [2.45, 2.75) is 76.9 Å². The third-order valence-electron chi connectivity index (χ3n) is 5.43. The molecule has 1 aliphatic carbocycles. The van der Waals surface area contributed by atoms with Gasteiger partial charge in [0.05, 0.1) is 11.2 Å². The highest BCUT2D eigenvalue weighted by atomic mass is 19.1. The van der Waals surface area contributed by atoms with Crippen molar-refractivity contribution in [3.63, 3.8) is 0 Å². The molecular formula is C17H25BFNO2. The predicted octanol–water partition coefficient (Wildman–Crippen LogP) is 3.57. The van der Waals surface area contributed by atoms with E-state index in [1.54, 1.807) is 6.07 Å². The van der Waals surface area contributed by atoms with E-state index in [0.29, 0.717) is 11.4 Å². The molecule has 0 bridgehead atoms. The first kappa shape index (κ1) is 15.9. The van der Waals surface area contributed by atoms with Crippen LogP contribution in [0.3, 0.4) is 0 Å². The van der Waals surface area contributed by atoms with E-state index in [2.05, 4.69) is 4.98 Å². The Morgan fingerprint density at radius 1 is 1.05 bits per heavy atom. The Bertz CT molecular complexity index is 540. The summed E-state index contributed by atoms with van der Waals surface area (Å²) in [5.41, 5.74) is 0.342. The molecule has 5 heteroatoms. The van der Waals surface area contributed by atoms with Gasteiger partial charge in [0.1, 0.15) is 0 Å². The third-order valence-corrected chi connectivity index (χ3v) is 5.43. The van der Waals surface area contributed by atoms with E-state index in [0.717, 1.165) is 18.5 Å². The topological polar surface area (TPSA) is 31.4 Å². The Morgan fingerprint density at radius 3 is 2.18 bits per heavy atom. The molecule has 0 unspecified atom stereocenters. The van der Waals surface area contributed by atoms with Crippen LogP contribution in [-0.4, -0.2) is 23.3 Å². The molecule has 0 N–H and O–H groups in total. The summed E-state index contributed by atoms with van der Waals surface area (Å²) in [6, 6.07) is 3.73. The van der Waals surface area contributed by atoms with Crippen LogP contribution in [0.2, 0.25) is 0 Å². The van der Waals surface area contributed by atoms with Crippen molar-refractivity contribution in [2.75, 3.05) is 0 Å². The number of hydrogen-bond donors (Lipinski definition) is 0. The van der Waals surface area contributed by atoms with Gasteiger partial charge in [0, 0.05) is 17.1 Å². The second-order valence-electron chi connectivity index (χ2n) is 7.54. The van der Waals surface area contributed by atoms with E-state index < -0.39 is 24.3 Å². The van der Waals surface area contributed by atoms with Crippen molar-refractivity contribution in [3.05, 3.63) is 23.8 Å². The third kappa shape index (κ3) is 2.81. The fourth-order valence-electron chi connectivity index (χ4n) is 3.23. The maximum absolute atomic E-state index is 14.5. The average Bonchev–Trinajstić information content (AvgIpc) is 2.68. The van der Waals surface area contributed by atoms with Gasteiger partial charge in [0.15, 0.2) is 0 Å². The van der Waals surface area contributed by atoms with Gasteiger partial charge < -0.3 is 9.31 Å². The molecule has 0 amide bonds. The molecule has 1 aliphatic heterocycles. The van der Waals surface area contributed by atoms with E-state index in [1.807, 2.05) is 33.8 Å². The van der Waals surface area contributed by atoms with Crippen LogP contribution in [-0.2, 0) is 9.31 Å². The fourth-order valence-corrected chi connectivity index (χ4v) is 3.23. The molecule has 1 saturated heterocycles. The van der Waals surface area contributed by atoms with E-state index in [-0.39, 0.29) is 0 Å². The lowest BCUT2D eigenvalue weighted by Crippen LogP contribution is -2.41. The molecule has 3 nitrogen and oxygen atoms in total.